The molecule has 0 bridgehead atoms. The van der Waals surface area contributed by atoms with Crippen molar-refractivity contribution < 1.29 is 9.64 Å². The summed E-state index contributed by atoms with van der Waals surface area (Å²) in [6, 6.07) is 7.95. The molecule has 0 atom stereocenters. The van der Waals surface area contributed by atoms with E-state index in [0.29, 0.717) is 0 Å². The summed E-state index contributed by atoms with van der Waals surface area (Å²) in [5.74, 6) is 0.938. The minimum absolute atomic E-state index is 0.793. The molecule has 2 nitrogen and oxygen atoms in total. The molecule has 1 N–H and O–H groups in total. The van der Waals surface area contributed by atoms with Gasteiger partial charge in [-0.1, -0.05) is 22.0 Å². The Morgan fingerprint density at radius 2 is 2.14 bits per heavy atom. The second-order valence-corrected chi connectivity index (χ2v) is 4.53. The molecular formula is C11H17BrNO+. The quantitative estimate of drug-likeness (QED) is 0.788. The van der Waals surface area contributed by atoms with Gasteiger partial charge in [-0.3, -0.25) is 0 Å². The fourth-order valence-electron chi connectivity index (χ4n) is 1.17. The van der Waals surface area contributed by atoms with E-state index in [1.54, 1.807) is 0 Å². The molecule has 0 saturated heterocycles. The van der Waals surface area contributed by atoms with E-state index < -0.39 is 0 Å². The van der Waals surface area contributed by atoms with Crippen molar-refractivity contribution in [1.29, 1.82) is 0 Å². The van der Waals surface area contributed by atoms with Crippen LogP contribution in [0, 0.1) is 0 Å². The van der Waals surface area contributed by atoms with E-state index in [0.717, 1.165) is 29.8 Å². The molecule has 0 spiro atoms. The van der Waals surface area contributed by atoms with E-state index in [-0.39, 0.29) is 0 Å². The Bertz CT molecular complexity index is 276. The van der Waals surface area contributed by atoms with Gasteiger partial charge in [0.1, 0.15) is 5.75 Å². The van der Waals surface area contributed by atoms with E-state index in [4.69, 9.17) is 4.74 Å². The van der Waals surface area contributed by atoms with Crippen LogP contribution >= 0.6 is 15.9 Å². The molecular weight excluding hydrogens is 242 g/mol. The molecule has 0 aliphatic heterocycles. The third kappa shape index (κ3) is 4.63. The van der Waals surface area contributed by atoms with Crippen LogP contribution in [0.1, 0.15) is 6.42 Å². The number of nitrogens with one attached hydrogen (secondary N) is 1. The number of hydrogen-bond donors (Lipinski definition) is 1. The summed E-state index contributed by atoms with van der Waals surface area (Å²) in [6.45, 7) is 1.94. The van der Waals surface area contributed by atoms with Crippen molar-refractivity contribution in [3.05, 3.63) is 28.7 Å². The molecule has 0 aliphatic rings. The lowest BCUT2D eigenvalue weighted by atomic mass is 10.3. The average molecular weight is 259 g/mol. The fraction of sp³-hybridized carbons (Fsp3) is 0.455. The number of hydrogen-bond acceptors (Lipinski definition) is 1. The zero-order chi connectivity index (χ0) is 10.4. The summed E-state index contributed by atoms with van der Waals surface area (Å²) in [5.41, 5.74) is 0. The second-order valence-electron chi connectivity index (χ2n) is 3.62. The number of ether oxygens (including phenoxy) is 1. The summed E-state index contributed by atoms with van der Waals surface area (Å²) in [5, 5.41) is 0. The van der Waals surface area contributed by atoms with E-state index >= 15 is 0 Å². The van der Waals surface area contributed by atoms with Crippen molar-refractivity contribution in [1.82, 2.24) is 0 Å². The molecule has 1 rings (SSSR count). The average Bonchev–Trinajstić information content (AvgIpc) is 2.12. The topological polar surface area (TPSA) is 13.7 Å². The smallest absolute Gasteiger partial charge is 0.120 e. The monoisotopic (exact) mass is 258 g/mol. The molecule has 0 amide bonds. The van der Waals surface area contributed by atoms with Crippen LogP contribution in [0.4, 0.5) is 0 Å². The molecule has 0 saturated carbocycles. The summed E-state index contributed by atoms with van der Waals surface area (Å²) >= 11 is 3.41. The number of quaternary nitrogens is 1. The van der Waals surface area contributed by atoms with Gasteiger partial charge in [0, 0.05) is 10.9 Å². The minimum Gasteiger partial charge on any atom is -0.493 e. The SMILES string of the molecule is C[NH+](C)CCCOc1cccc(Br)c1. The molecule has 0 aliphatic carbocycles. The molecule has 0 aromatic heterocycles. The first kappa shape index (κ1) is 11.5. The second kappa shape index (κ2) is 6.04. The summed E-state index contributed by atoms with van der Waals surface area (Å²) in [4.78, 5) is 1.46. The highest BCUT2D eigenvalue weighted by Gasteiger charge is 1.96. The van der Waals surface area contributed by atoms with Crippen LogP contribution in [0.3, 0.4) is 0 Å². The van der Waals surface area contributed by atoms with Crippen LogP contribution < -0.4 is 9.64 Å². The molecule has 0 radical (unpaired) electrons. The Balaban J connectivity index is 2.25. The fourth-order valence-corrected chi connectivity index (χ4v) is 1.55. The lowest BCUT2D eigenvalue weighted by Gasteiger charge is -2.08. The first-order valence-corrected chi connectivity index (χ1v) is 5.65. The number of halogens is 1. The molecule has 3 heteroatoms. The van der Waals surface area contributed by atoms with Gasteiger partial charge >= 0.3 is 0 Å². The standard InChI is InChI=1S/C11H16BrNO/c1-13(2)7-4-8-14-11-6-3-5-10(12)9-11/h3,5-6,9H,4,7-8H2,1-2H3/p+1. The van der Waals surface area contributed by atoms with Crippen molar-refractivity contribution in [2.75, 3.05) is 27.2 Å². The first-order chi connectivity index (χ1) is 6.68. The van der Waals surface area contributed by atoms with Crippen LogP contribution in [0.2, 0.25) is 0 Å². The summed E-state index contributed by atoms with van der Waals surface area (Å²) in [6.07, 6.45) is 1.09. The van der Waals surface area contributed by atoms with Crippen LogP contribution in [-0.2, 0) is 0 Å². The van der Waals surface area contributed by atoms with Crippen molar-refractivity contribution in [2.24, 2.45) is 0 Å². The van der Waals surface area contributed by atoms with Crippen molar-refractivity contribution >= 4 is 15.9 Å². The number of rotatable bonds is 5. The van der Waals surface area contributed by atoms with Crippen LogP contribution in [0.5, 0.6) is 5.75 Å². The Hall–Kier alpha value is -0.540. The van der Waals surface area contributed by atoms with Crippen molar-refractivity contribution in [2.45, 2.75) is 6.42 Å². The van der Waals surface area contributed by atoms with Gasteiger partial charge in [-0.2, -0.15) is 0 Å². The molecule has 1 aromatic rings. The van der Waals surface area contributed by atoms with Gasteiger partial charge in [0.2, 0.25) is 0 Å². The van der Waals surface area contributed by atoms with Gasteiger partial charge in [0.25, 0.3) is 0 Å². The summed E-state index contributed by atoms with van der Waals surface area (Å²) < 4.78 is 6.66. The molecule has 14 heavy (non-hydrogen) atoms. The zero-order valence-corrected chi connectivity index (χ0v) is 10.3. The maximum atomic E-state index is 5.59. The van der Waals surface area contributed by atoms with E-state index in [1.807, 2.05) is 24.3 Å². The van der Waals surface area contributed by atoms with Gasteiger partial charge in [0.15, 0.2) is 0 Å². The maximum absolute atomic E-state index is 5.59. The lowest BCUT2D eigenvalue weighted by Crippen LogP contribution is -3.05. The Morgan fingerprint density at radius 3 is 2.79 bits per heavy atom. The molecule has 1 aromatic carbocycles. The van der Waals surface area contributed by atoms with Crippen LogP contribution in [-0.4, -0.2) is 27.2 Å². The van der Waals surface area contributed by atoms with Gasteiger partial charge in [-0.25, -0.2) is 0 Å². The van der Waals surface area contributed by atoms with Gasteiger partial charge in [-0.05, 0) is 18.2 Å². The molecule has 0 fully saturated rings. The van der Waals surface area contributed by atoms with Crippen molar-refractivity contribution in [3.8, 4) is 5.75 Å². The van der Waals surface area contributed by atoms with Crippen LogP contribution in [0.15, 0.2) is 28.7 Å². The van der Waals surface area contributed by atoms with E-state index in [9.17, 15) is 0 Å². The highest BCUT2D eigenvalue weighted by atomic mass is 79.9. The van der Waals surface area contributed by atoms with Crippen LogP contribution in [0.25, 0.3) is 0 Å². The molecule has 78 valence electrons. The maximum Gasteiger partial charge on any atom is 0.120 e. The van der Waals surface area contributed by atoms with Gasteiger partial charge < -0.3 is 9.64 Å². The minimum atomic E-state index is 0.793. The predicted octanol–water partition coefficient (Wildman–Crippen LogP) is 1.36. The Kier molecular flexibility index (Phi) is 4.98. The van der Waals surface area contributed by atoms with Gasteiger partial charge in [-0.15, -0.1) is 0 Å². The van der Waals surface area contributed by atoms with E-state index in [2.05, 4.69) is 30.0 Å². The van der Waals surface area contributed by atoms with Crippen molar-refractivity contribution in [3.63, 3.8) is 0 Å². The third-order valence-corrected chi connectivity index (χ3v) is 2.38. The molecule has 0 unspecified atom stereocenters. The van der Waals surface area contributed by atoms with Gasteiger partial charge in [0.05, 0.1) is 27.2 Å². The zero-order valence-electron chi connectivity index (χ0n) is 8.72. The molecule has 0 heterocycles. The largest absolute Gasteiger partial charge is 0.493 e. The number of benzene rings is 1. The highest BCUT2D eigenvalue weighted by molar-refractivity contribution is 9.10. The van der Waals surface area contributed by atoms with E-state index in [1.165, 1.54) is 4.90 Å². The Labute approximate surface area is 94.0 Å². The Morgan fingerprint density at radius 1 is 1.36 bits per heavy atom. The normalized spacial score (nSPS) is 10.6. The summed E-state index contributed by atoms with van der Waals surface area (Å²) in [7, 11) is 4.30. The predicted molar refractivity (Wildman–Crippen MR) is 61.9 cm³/mol. The third-order valence-electron chi connectivity index (χ3n) is 1.89. The highest BCUT2D eigenvalue weighted by Crippen LogP contribution is 2.17. The first-order valence-electron chi connectivity index (χ1n) is 4.86. The lowest BCUT2D eigenvalue weighted by molar-refractivity contribution is -0.858.